The molecule has 0 aliphatic carbocycles. The SMILES string of the molecule is COc1ccc(NC(=O)C2CCN(S(=O)(=O)c3ccc(S(C)(=O)=O)cc3)CC2)c([N+](=O)[O-])c1. The number of piperidine rings is 1. The molecular weight excluding hydrogens is 474 g/mol. The summed E-state index contributed by atoms with van der Waals surface area (Å²) < 4.78 is 55.1. The Hall–Kier alpha value is -3.03. The van der Waals surface area contributed by atoms with Crippen molar-refractivity contribution in [3.8, 4) is 5.75 Å². The van der Waals surface area contributed by atoms with Gasteiger partial charge in [-0.15, -0.1) is 0 Å². The van der Waals surface area contributed by atoms with Crippen LogP contribution in [0.25, 0.3) is 0 Å². The number of benzene rings is 2. The van der Waals surface area contributed by atoms with Gasteiger partial charge >= 0.3 is 0 Å². The Kier molecular flexibility index (Phi) is 7.05. The summed E-state index contributed by atoms with van der Waals surface area (Å²) >= 11 is 0. The number of sulfonamides is 1. The lowest BCUT2D eigenvalue weighted by Crippen LogP contribution is -2.41. The first-order chi connectivity index (χ1) is 15.4. The van der Waals surface area contributed by atoms with E-state index in [2.05, 4.69) is 5.32 Å². The third-order valence-electron chi connectivity index (χ3n) is 5.37. The fourth-order valence-electron chi connectivity index (χ4n) is 3.50. The van der Waals surface area contributed by atoms with E-state index in [4.69, 9.17) is 4.74 Å². The molecule has 0 unspecified atom stereocenters. The molecule has 11 nitrogen and oxygen atoms in total. The molecule has 0 saturated carbocycles. The number of carbonyl (C=O) groups is 1. The third-order valence-corrected chi connectivity index (χ3v) is 8.42. The normalized spacial score (nSPS) is 15.7. The predicted octanol–water partition coefficient (Wildman–Crippen LogP) is 2.05. The minimum atomic E-state index is -3.85. The maximum absolute atomic E-state index is 12.9. The number of nitro groups is 1. The van der Waals surface area contributed by atoms with E-state index in [9.17, 15) is 31.7 Å². The number of amides is 1. The van der Waals surface area contributed by atoms with E-state index in [0.29, 0.717) is 0 Å². The standard InChI is InChI=1S/C20H23N3O8S2/c1-31-15-3-8-18(19(13-15)23(25)26)21-20(24)14-9-11-22(12-10-14)33(29,30)17-6-4-16(5-7-17)32(2,27)28/h3-8,13-14H,9-12H2,1-2H3,(H,21,24). The molecule has 0 radical (unpaired) electrons. The van der Waals surface area contributed by atoms with Crippen LogP contribution in [0.2, 0.25) is 0 Å². The Labute approximate surface area is 191 Å². The van der Waals surface area contributed by atoms with Crippen LogP contribution in [0, 0.1) is 16.0 Å². The van der Waals surface area contributed by atoms with E-state index in [1.54, 1.807) is 0 Å². The van der Waals surface area contributed by atoms with Gasteiger partial charge in [0.2, 0.25) is 15.9 Å². The lowest BCUT2D eigenvalue weighted by atomic mass is 9.97. The molecule has 1 saturated heterocycles. The van der Waals surface area contributed by atoms with Crippen molar-refractivity contribution in [1.29, 1.82) is 0 Å². The summed E-state index contributed by atoms with van der Waals surface area (Å²) in [5.41, 5.74) is -0.271. The summed E-state index contributed by atoms with van der Waals surface area (Å²) in [6.45, 7) is 0.165. The summed E-state index contributed by atoms with van der Waals surface area (Å²) in [5, 5.41) is 13.9. The summed E-state index contributed by atoms with van der Waals surface area (Å²) in [4.78, 5) is 23.3. The van der Waals surface area contributed by atoms with Gasteiger partial charge in [-0.05, 0) is 49.2 Å². The number of rotatable bonds is 7. The zero-order valence-electron chi connectivity index (χ0n) is 17.9. The van der Waals surface area contributed by atoms with Crippen molar-refractivity contribution in [2.24, 2.45) is 5.92 Å². The second-order valence-corrected chi connectivity index (χ2v) is 11.5. The highest BCUT2D eigenvalue weighted by Crippen LogP contribution is 2.31. The smallest absolute Gasteiger partial charge is 0.296 e. The minimum Gasteiger partial charge on any atom is -0.496 e. The maximum Gasteiger partial charge on any atom is 0.296 e. The van der Waals surface area contributed by atoms with Crippen molar-refractivity contribution in [2.75, 3.05) is 31.8 Å². The molecular formula is C20H23N3O8S2. The summed E-state index contributed by atoms with van der Waals surface area (Å²) in [5.74, 6) is -0.675. The largest absolute Gasteiger partial charge is 0.496 e. The van der Waals surface area contributed by atoms with Gasteiger partial charge < -0.3 is 10.1 Å². The monoisotopic (exact) mass is 497 g/mol. The van der Waals surface area contributed by atoms with Crippen LogP contribution in [-0.2, 0) is 24.7 Å². The molecule has 1 N–H and O–H groups in total. The van der Waals surface area contributed by atoms with Crippen LogP contribution >= 0.6 is 0 Å². The van der Waals surface area contributed by atoms with Crippen LogP contribution in [0.3, 0.4) is 0 Å². The summed E-state index contributed by atoms with van der Waals surface area (Å²) in [6, 6.07) is 9.05. The van der Waals surface area contributed by atoms with Crippen molar-refractivity contribution in [3.63, 3.8) is 0 Å². The summed E-state index contributed by atoms with van der Waals surface area (Å²) in [7, 11) is -5.93. The number of nitrogens with zero attached hydrogens (tertiary/aromatic N) is 2. The van der Waals surface area contributed by atoms with Gasteiger partial charge in [-0.25, -0.2) is 16.8 Å². The average molecular weight is 498 g/mol. The number of nitrogens with one attached hydrogen (secondary N) is 1. The topological polar surface area (TPSA) is 153 Å². The Balaban J connectivity index is 1.67. The highest BCUT2D eigenvalue weighted by Gasteiger charge is 2.33. The van der Waals surface area contributed by atoms with E-state index >= 15 is 0 Å². The fourth-order valence-corrected chi connectivity index (χ4v) is 5.60. The molecule has 1 amide bonds. The van der Waals surface area contributed by atoms with Gasteiger partial charge in [-0.3, -0.25) is 14.9 Å². The quantitative estimate of drug-likeness (QED) is 0.450. The zero-order chi connectivity index (χ0) is 24.4. The van der Waals surface area contributed by atoms with E-state index in [-0.39, 0.29) is 52.8 Å². The van der Waals surface area contributed by atoms with Gasteiger partial charge in [0.05, 0.1) is 27.9 Å². The van der Waals surface area contributed by atoms with Crippen LogP contribution in [0.15, 0.2) is 52.3 Å². The van der Waals surface area contributed by atoms with Gasteiger partial charge in [0.25, 0.3) is 5.69 Å². The molecule has 0 spiro atoms. The second kappa shape index (κ2) is 9.45. The van der Waals surface area contributed by atoms with Crippen molar-refractivity contribution in [1.82, 2.24) is 4.31 Å². The first-order valence-corrected chi connectivity index (χ1v) is 13.2. The first kappa shape index (κ1) is 24.6. The Morgan fingerprint density at radius 2 is 1.64 bits per heavy atom. The Bertz CT molecular complexity index is 1270. The van der Waals surface area contributed by atoms with E-state index in [0.717, 1.165) is 6.26 Å². The molecule has 13 heteroatoms. The molecule has 0 atom stereocenters. The van der Waals surface area contributed by atoms with Crippen molar-refractivity contribution >= 4 is 37.1 Å². The third kappa shape index (κ3) is 5.49. The molecule has 0 aromatic heterocycles. The highest BCUT2D eigenvalue weighted by atomic mass is 32.2. The number of nitro benzene ring substituents is 1. The van der Waals surface area contributed by atoms with Gasteiger partial charge in [0, 0.05) is 25.3 Å². The Morgan fingerprint density at radius 3 is 2.15 bits per heavy atom. The number of methoxy groups -OCH3 is 1. The van der Waals surface area contributed by atoms with Crippen LogP contribution in [0.1, 0.15) is 12.8 Å². The number of carbonyl (C=O) groups excluding carboxylic acids is 1. The lowest BCUT2D eigenvalue weighted by molar-refractivity contribution is -0.384. The second-order valence-electron chi connectivity index (χ2n) is 7.55. The van der Waals surface area contributed by atoms with Crippen LogP contribution in [0.4, 0.5) is 11.4 Å². The Morgan fingerprint density at radius 1 is 1.06 bits per heavy atom. The number of hydrogen-bond acceptors (Lipinski definition) is 8. The predicted molar refractivity (Wildman–Crippen MR) is 119 cm³/mol. The van der Waals surface area contributed by atoms with Crippen molar-refractivity contribution in [3.05, 3.63) is 52.6 Å². The van der Waals surface area contributed by atoms with Crippen LogP contribution in [0.5, 0.6) is 5.75 Å². The zero-order valence-corrected chi connectivity index (χ0v) is 19.6. The molecule has 2 aromatic carbocycles. The molecule has 1 heterocycles. The summed E-state index contributed by atoms with van der Waals surface area (Å²) in [6.07, 6.45) is 1.50. The van der Waals surface area contributed by atoms with Gasteiger partial charge in [0.15, 0.2) is 9.84 Å². The van der Waals surface area contributed by atoms with Crippen molar-refractivity contribution in [2.45, 2.75) is 22.6 Å². The van der Waals surface area contributed by atoms with E-state index in [1.165, 1.54) is 53.9 Å². The fraction of sp³-hybridized carbons (Fsp3) is 0.350. The molecule has 1 aliphatic heterocycles. The van der Waals surface area contributed by atoms with E-state index < -0.39 is 36.6 Å². The molecule has 33 heavy (non-hydrogen) atoms. The molecule has 1 fully saturated rings. The van der Waals surface area contributed by atoms with Crippen molar-refractivity contribution < 1.29 is 31.3 Å². The molecule has 0 bridgehead atoms. The number of sulfone groups is 1. The minimum absolute atomic E-state index is 0.0180. The number of anilines is 1. The molecule has 3 rings (SSSR count). The average Bonchev–Trinajstić information content (AvgIpc) is 2.78. The first-order valence-electron chi connectivity index (χ1n) is 9.87. The van der Waals surface area contributed by atoms with Gasteiger partial charge in [-0.2, -0.15) is 4.31 Å². The van der Waals surface area contributed by atoms with Gasteiger partial charge in [0.1, 0.15) is 11.4 Å². The number of hydrogen-bond donors (Lipinski definition) is 1. The van der Waals surface area contributed by atoms with E-state index in [1.807, 2.05) is 0 Å². The number of ether oxygens (including phenoxy) is 1. The molecule has 1 aliphatic rings. The lowest BCUT2D eigenvalue weighted by Gasteiger charge is -2.30. The molecule has 178 valence electrons. The van der Waals surface area contributed by atoms with Crippen LogP contribution < -0.4 is 10.1 Å². The van der Waals surface area contributed by atoms with Crippen LogP contribution in [-0.4, -0.2) is 58.4 Å². The van der Waals surface area contributed by atoms with Gasteiger partial charge in [-0.1, -0.05) is 0 Å². The molecule has 2 aromatic rings. The maximum atomic E-state index is 12.9. The highest BCUT2D eigenvalue weighted by molar-refractivity contribution is 7.90.